The second-order valence-corrected chi connectivity index (χ2v) is 9.53. The minimum absolute atomic E-state index is 0.337. The first-order chi connectivity index (χ1) is 13.5. The fraction of sp³-hybridized carbons (Fsp3) is 0.708. The lowest BCUT2D eigenvalue weighted by Gasteiger charge is -2.06. The number of rotatable bonds is 13. The van der Waals surface area contributed by atoms with Crippen LogP contribution in [0, 0.1) is 11.8 Å². The predicted octanol–water partition coefficient (Wildman–Crippen LogP) is 6.22. The van der Waals surface area contributed by atoms with Gasteiger partial charge in [-0.2, -0.15) is 0 Å². The van der Waals surface area contributed by atoms with Gasteiger partial charge in [0.25, 0.3) is 0 Å². The molecule has 1 fully saturated rings. The Balaban J connectivity index is 1.56. The Labute approximate surface area is 176 Å². The number of hydrogen-bond donors (Lipinski definition) is 0. The SMILES string of the molecule is COC[C@H]1C[C@H]1C1=NC(COC/C=C(\C)CC/C=C(\C)CCC=C(C)C)CS1. The Hall–Kier alpha value is -0.840. The molecule has 2 aliphatic rings. The molecule has 0 N–H and O–H groups in total. The van der Waals surface area contributed by atoms with E-state index in [1.165, 1.54) is 34.6 Å². The molecule has 1 aliphatic heterocycles. The van der Waals surface area contributed by atoms with Gasteiger partial charge in [0.1, 0.15) is 0 Å². The van der Waals surface area contributed by atoms with Gasteiger partial charge in [-0.15, -0.1) is 11.8 Å². The third-order valence-corrected chi connectivity index (χ3v) is 6.59. The number of allylic oxidation sites excluding steroid dienone is 5. The molecule has 28 heavy (non-hydrogen) atoms. The highest BCUT2D eigenvalue weighted by Crippen LogP contribution is 2.44. The Bertz CT molecular complexity index is 602. The van der Waals surface area contributed by atoms with Gasteiger partial charge < -0.3 is 9.47 Å². The molecule has 0 amide bonds. The molecule has 158 valence electrons. The molecule has 2 rings (SSSR count). The topological polar surface area (TPSA) is 30.8 Å². The average Bonchev–Trinajstić information content (AvgIpc) is 3.25. The van der Waals surface area contributed by atoms with Crippen molar-refractivity contribution in [1.29, 1.82) is 0 Å². The lowest BCUT2D eigenvalue weighted by atomic mass is 10.1. The maximum Gasteiger partial charge on any atom is 0.0836 e. The molecular weight excluding hydrogens is 366 g/mol. The minimum atomic E-state index is 0.337. The van der Waals surface area contributed by atoms with Gasteiger partial charge in [-0.1, -0.05) is 34.9 Å². The third-order valence-electron chi connectivity index (χ3n) is 5.34. The molecule has 0 aromatic rings. The first kappa shape index (κ1) is 23.4. The predicted molar refractivity (Wildman–Crippen MR) is 123 cm³/mol. The molecule has 3 atom stereocenters. The molecule has 1 aliphatic carbocycles. The van der Waals surface area contributed by atoms with E-state index in [0.717, 1.165) is 38.2 Å². The quantitative estimate of drug-likeness (QED) is 0.269. The maximum atomic E-state index is 5.87. The lowest BCUT2D eigenvalue weighted by Crippen LogP contribution is -2.13. The van der Waals surface area contributed by atoms with E-state index in [0.29, 0.717) is 24.5 Å². The molecule has 1 saturated carbocycles. The van der Waals surface area contributed by atoms with Crippen LogP contribution in [-0.4, -0.2) is 43.8 Å². The van der Waals surface area contributed by atoms with Crippen molar-refractivity contribution in [3.63, 3.8) is 0 Å². The van der Waals surface area contributed by atoms with Crippen LogP contribution in [0.5, 0.6) is 0 Å². The van der Waals surface area contributed by atoms with Crippen molar-refractivity contribution < 1.29 is 9.47 Å². The van der Waals surface area contributed by atoms with Gasteiger partial charge in [0.2, 0.25) is 0 Å². The highest BCUT2D eigenvalue weighted by molar-refractivity contribution is 8.14. The third kappa shape index (κ3) is 9.11. The summed E-state index contributed by atoms with van der Waals surface area (Å²) in [6, 6.07) is 0.337. The molecule has 0 saturated heterocycles. The van der Waals surface area contributed by atoms with Crippen LogP contribution < -0.4 is 0 Å². The molecule has 0 aromatic heterocycles. The lowest BCUT2D eigenvalue weighted by molar-refractivity contribution is 0.152. The highest BCUT2D eigenvalue weighted by atomic mass is 32.2. The fourth-order valence-corrected chi connectivity index (χ4v) is 4.68. The molecular formula is C24H39NO2S. The maximum absolute atomic E-state index is 5.87. The van der Waals surface area contributed by atoms with E-state index in [9.17, 15) is 0 Å². The molecule has 0 spiro atoms. The zero-order valence-corrected chi connectivity index (χ0v) is 19.3. The standard InChI is InChI=1S/C24H39NO2S/c1-18(2)8-6-9-19(3)10-7-11-20(4)12-13-27-16-22-17-28-24(25-22)23-14-21(23)15-26-5/h8,10,12,21-23H,6-7,9,11,13-17H2,1-5H3/b19-10+,20-12+/t21-,22?,23-/m1/s1. The summed E-state index contributed by atoms with van der Waals surface area (Å²) in [6.45, 7) is 11.1. The van der Waals surface area contributed by atoms with E-state index in [4.69, 9.17) is 14.5 Å². The van der Waals surface area contributed by atoms with E-state index >= 15 is 0 Å². The first-order valence-corrected chi connectivity index (χ1v) is 11.7. The van der Waals surface area contributed by atoms with Gasteiger partial charge in [-0.25, -0.2) is 0 Å². The van der Waals surface area contributed by atoms with Crippen molar-refractivity contribution in [1.82, 2.24) is 0 Å². The zero-order valence-electron chi connectivity index (χ0n) is 18.5. The van der Waals surface area contributed by atoms with Crippen molar-refractivity contribution in [2.24, 2.45) is 16.8 Å². The van der Waals surface area contributed by atoms with Crippen molar-refractivity contribution in [3.8, 4) is 0 Å². The van der Waals surface area contributed by atoms with Gasteiger partial charge in [-0.3, -0.25) is 4.99 Å². The highest BCUT2D eigenvalue weighted by Gasteiger charge is 2.42. The Kier molecular flexibility index (Phi) is 10.6. The van der Waals surface area contributed by atoms with E-state index in [-0.39, 0.29) is 0 Å². The fourth-order valence-electron chi connectivity index (χ4n) is 3.42. The molecule has 1 heterocycles. The summed E-state index contributed by atoms with van der Waals surface area (Å²) in [6.07, 6.45) is 12.8. The van der Waals surface area contributed by atoms with Crippen LogP contribution in [0.2, 0.25) is 0 Å². The normalized spacial score (nSPS) is 25.0. The summed E-state index contributed by atoms with van der Waals surface area (Å²) in [5.41, 5.74) is 4.32. The Morgan fingerprint density at radius 1 is 1.04 bits per heavy atom. The second-order valence-electron chi connectivity index (χ2n) is 8.49. The number of thioether (sulfide) groups is 1. The van der Waals surface area contributed by atoms with Gasteiger partial charge in [0.15, 0.2) is 0 Å². The summed E-state index contributed by atoms with van der Waals surface area (Å²) < 4.78 is 11.1. The van der Waals surface area contributed by atoms with Crippen LogP contribution in [0.25, 0.3) is 0 Å². The van der Waals surface area contributed by atoms with Gasteiger partial charge in [0, 0.05) is 25.4 Å². The number of nitrogens with zero attached hydrogens (tertiary/aromatic N) is 1. The monoisotopic (exact) mass is 405 g/mol. The molecule has 0 bridgehead atoms. The Morgan fingerprint density at radius 3 is 2.46 bits per heavy atom. The number of aliphatic imine (C=N–C) groups is 1. The van der Waals surface area contributed by atoms with Crippen LogP contribution in [0.15, 0.2) is 39.9 Å². The average molecular weight is 406 g/mol. The van der Waals surface area contributed by atoms with Gasteiger partial charge in [-0.05, 0) is 65.7 Å². The van der Waals surface area contributed by atoms with Crippen molar-refractivity contribution in [2.75, 3.05) is 32.7 Å². The molecule has 4 heteroatoms. The van der Waals surface area contributed by atoms with Gasteiger partial charge in [0.05, 0.1) is 24.3 Å². The van der Waals surface area contributed by atoms with Crippen molar-refractivity contribution in [2.45, 2.75) is 65.8 Å². The molecule has 3 nitrogen and oxygen atoms in total. The second kappa shape index (κ2) is 12.7. The van der Waals surface area contributed by atoms with Crippen molar-refractivity contribution in [3.05, 3.63) is 34.9 Å². The molecule has 0 radical (unpaired) electrons. The van der Waals surface area contributed by atoms with Crippen molar-refractivity contribution >= 4 is 16.8 Å². The number of hydrogen-bond acceptors (Lipinski definition) is 4. The first-order valence-electron chi connectivity index (χ1n) is 10.7. The van der Waals surface area contributed by atoms with Crippen LogP contribution in [0.3, 0.4) is 0 Å². The van der Waals surface area contributed by atoms with Crippen LogP contribution >= 0.6 is 11.8 Å². The minimum Gasteiger partial charge on any atom is -0.384 e. The summed E-state index contributed by atoms with van der Waals surface area (Å²) in [7, 11) is 1.79. The van der Waals surface area contributed by atoms with E-state index < -0.39 is 0 Å². The van der Waals surface area contributed by atoms with E-state index in [1.807, 2.05) is 11.8 Å². The van der Waals surface area contributed by atoms with E-state index in [2.05, 4.69) is 45.9 Å². The summed E-state index contributed by atoms with van der Waals surface area (Å²) in [4.78, 5) is 4.87. The summed E-state index contributed by atoms with van der Waals surface area (Å²) in [5.74, 6) is 2.44. The van der Waals surface area contributed by atoms with Crippen LogP contribution in [0.1, 0.15) is 59.8 Å². The van der Waals surface area contributed by atoms with E-state index in [1.54, 1.807) is 7.11 Å². The number of methoxy groups -OCH3 is 1. The van der Waals surface area contributed by atoms with Gasteiger partial charge >= 0.3 is 0 Å². The summed E-state index contributed by atoms with van der Waals surface area (Å²) in [5, 5.41) is 1.34. The molecule has 0 aromatic carbocycles. The number of ether oxygens (including phenoxy) is 2. The molecule has 1 unspecified atom stereocenters. The largest absolute Gasteiger partial charge is 0.384 e. The van der Waals surface area contributed by atoms with Crippen LogP contribution in [0.4, 0.5) is 0 Å². The Morgan fingerprint density at radius 2 is 1.75 bits per heavy atom. The van der Waals surface area contributed by atoms with Crippen LogP contribution in [-0.2, 0) is 9.47 Å². The zero-order chi connectivity index (χ0) is 20.4. The summed E-state index contributed by atoms with van der Waals surface area (Å²) >= 11 is 1.92. The smallest absolute Gasteiger partial charge is 0.0836 e.